The lowest BCUT2D eigenvalue weighted by Crippen LogP contribution is -2.06. The van der Waals surface area contributed by atoms with E-state index < -0.39 is 0 Å². The summed E-state index contributed by atoms with van der Waals surface area (Å²) in [5.74, 6) is 1.62. The number of aryl methyl sites for hydroxylation is 2. The van der Waals surface area contributed by atoms with E-state index in [0.29, 0.717) is 11.8 Å². The highest BCUT2D eigenvalue weighted by Crippen LogP contribution is 2.22. The van der Waals surface area contributed by atoms with Crippen LogP contribution in [0.3, 0.4) is 0 Å². The predicted molar refractivity (Wildman–Crippen MR) is 124 cm³/mol. The first-order valence-corrected chi connectivity index (χ1v) is 10.4. The third-order valence-electron chi connectivity index (χ3n) is 4.39. The van der Waals surface area contributed by atoms with Gasteiger partial charge in [-0.1, -0.05) is 72.4 Å². The molecule has 0 saturated carbocycles. The summed E-state index contributed by atoms with van der Waals surface area (Å²) in [5, 5.41) is 8.73. The average molecular weight is 404 g/mol. The summed E-state index contributed by atoms with van der Waals surface area (Å²) in [6.07, 6.45) is 1.75. The summed E-state index contributed by atoms with van der Waals surface area (Å²) in [4.78, 5) is 0. The Kier molecular flexibility index (Phi) is 7.47. The van der Waals surface area contributed by atoms with Crippen LogP contribution >= 0.6 is 11.8 Å². The minimum absolute atomic E-state index is 0.447. The van der Waals surface area contributed by atoms with Crippen molar-refractivity contribution in [1.29, 1.82) is 0 Å². The van der Waals surface area contributed by atoms with Crippen LogP contribution in [0, 0.1) is 13.8 Å². The number of thioether (sulfide) groups is 1. The second-order valence-corrected chi connectivity index (χ2v) is 7.70. The van der Waals surface area contributed by atoms with Gasteiger partial charge in [-0.25, -0.2) is 0 Å². The smallest absolute Gasteiger partial charge is 0.180 e. The Balaban J connectivity index is 1.59. The Morgan fingerprint density at radius 1 is 0.931 bits per heavy atom. The van der Waals surface area contributed by atoms with Gasteiger partial charge in [-0.15, -0.1) is 5.10 Å². The summed E-state index contributed by atoms with van der Waals surface area (Å²) in [7, 11) is 0. The number of amidine groups is 1. The van der Waals surface area contributed by atoms with Crippen molar-refractivity contribution in [3.05, 3.63) is 101 Å². The molecule has 5 heteroatoms. The lowest BCUT2D eigenvalue weighted by molar-refractivity contribution is 0.306. The van der Waals surface area contributed by atoms with Gasteiger partial charge in [0.15, 0.2) is 5.17 Å². The van der Waals surface area contributed by atoms with Crippen LogP contribution in [-0.4, -0.2) is 11.4 Å². The van der Waals surface area contributed by atoms with E-state index in [9.17, 15) is 0 Å². The zero-order valence-corrected chi connectivity index (χ0v) is 17.5. The normalized spacial score (nSPS) is 11.7. The molecule has 0 aliphatic carbocycles. The number of hydrogen-bond donors (Lipinski definition) is 1. The number of nitrogens with zero attached hydrogens (tertiary/aromatic N) is 2. The van der Waals surface area contributed by atoms with Crippen LogP contribution in [0.4, 0.5) is 0 Å². The van der Waals surface area contributed by atoms with Crippen molar-refractivity contribution in [2.45, 2.75) is 26.2 Å². The number of hydrogen-bond acceptors (Lipinski definition) is 4. The molecule has 0 fully saturated rings. The van der Waals surface area contributed by atoms with Gasteiger partial charge in [0.2, 0.25) is 0 Å². The van der Waals surface area contributed by atoms with Gasteiger partial charge in [0.25, 0.3) is 0 Å². The summed E-state index contributed by atoms with van der Waals surface area (Å²) >= 11 is 1.47. The molecule has 0 aliphatic rings. The topological polar surface area (TPSA) is 60.0 Å². The van der Waals surface area contributed by atoms with Gasteiger partial charge in [-0.3, -0.25) is 0 Å². The highest BCUT2D eigenvalue weighted by atomic mass is 32.2. The van der Waals surface area contributed by atoms with Gasteiger partial charge in [0.1, 0.15) is 12.4 Å². The van der Waals surface area contributed by atoms with E-state index in [-0.39, 0.29) is 0 Å². The molecule has 0 amide bonds. The molecular formula is C24H25N3OS. The van der Waals surface area contributed by atoms with Gasteiger partial charge in [-0.05, 0) is 48.2 Å². The minimum Gasteiger partial charge on any atom is -0.489 e. The fraction of sp³-hybridized carbons (Fsp3) is 0.167. The third-order valence-corrected chi connectivity index (χ3v) is 5.24. The van der Waals surface area contributed by atoms with E-state index in [4.69, 9.17) is 10.5 Å². The van der Waals surface area contributed by atoms with E-state index in [2.05, 4.69) is 34.5 Å². The molecule has 0 heterocycles. The molecule has 0 radical (unpaired) electrons. The highest BCUT2D eigenvalue weighted by molar-refractivity contribution is 8.13. The second kappa shape index (κ2) is 10.5. The van der Waals surface area contributed by atoms with E-state index >= 15 is 0 Å². The molecule has 0 atom stereocenters. The van der Waals surface area contributed by atoms with Crippen LogP contribution in [0.5, 0.6) is 5.75 Å². The van der Waals surface area contributed by atoms with E-state index in [1.807, 2.05) is 62.4 Å². The van der Waals surface area contributed by atoms with Crippen molar-refractivity contribution in [2.75, 3.05) is 0 Å². The first-order valence-electron chi connectivity index (χ1n) is 9.43. The lowest BCUT2D eigenvalue weighted by Gasteiger charge is -2.11. The monoisotopic (exact) mass is 403 g/mol. The van der Waals surface area contributed by atoms with Gasteiger partial charge in [0.05, 0.1) is 6.21 Å². The Morgan fingerprint density at radius 3 is 2.14 bits per heavy atom. The molecule has 0 aromatic heterocycles. The van der Waals surface area contributed by atoms with Crippen molar-refractivity contribution in [3.8, 4) is 5.75 Å². The Labute approximate surface area is 176 Å². The Morgan fingerprint density at radius 2 is 1.52 bits per heavy atom. The molecule has 148 valence electrons. The maximum Gasteiger partial charge on any atom is 0.180 e. The molecule has 0 aliphatic heterocycles. The molecule has 0 unspecified atom stereocenters. The zero-order valence-electron chi connectivity index (χ0n) is 16.7. The first-order chi connectivity index (χ1) is 14.1. The molecule has 0 saturated heterocycles. The van der Waals surface area contributed by atoms with Crippen LogP contribution in [0.1, 0.15) is 27.8 Å². The van der Waals surface area contributed by atoms with Crippen molar-refractivity contribution in [2.24, 2.45) is 15.9 Å². The van der Waals surface area contributed by atoms with Gasteiger partial charge >= 0.3 is 0 Å². The Hall–Kier alpha value is -3.05. The highest BCUT2D eigenvalue weighted by Gasteiger charge is 2.05. The van der Waals surface area contributed by atoms with E-state index in [1.54, 1.807) is 6.21 Å². The quantitative estimate of drug-likeness (QED) is 0.323. The molecule has 3 aromatic rings. The molecular weight excluding hydrogens is 378 g/mol. The number of benzene rings is 3. The molecule has 3 rings (SSSR count). The molecule has 0 bridgehead atoms. The summed E-state index contributed by atoms with van der Waals surface area (Å²) in [5.41, 5.74) is 11.5. The fourth-order valence-corrected chi connectivity index (χ4v) is 3.48. The maximum atomic E-state index is 5.96. The molecule has 3 aromatic carbocycles. The first kappa shape index (κ1) is 20.7. The lowest BCUT2D eigenvalue weighted by atomic mass is 10.0. The van der Waals surface area contributed by atoms with Gasteiger partial charge in [0, 0.05) is 11.3 Å². The zero-order chi connectivity index (χ0) is 20.5. The van der Waals surface area contributed by atoms with Gasteiger partial charge in [-0.2, -0.15) is 5.10 Å². The van der Waals surface area contributed by atoms with Crippen LogP contribution in [0.25, 0.3) is 0 Å². The van der Waals surface area contributed by atoms with Crippen LogP contribution in [-0.2, 0) is 12.4 Å². The van der Waals surface area contributed by atoms with Crippen LogP contribution in [0.15, 0.2) is 83.0 Å². The molecule has 2 N–H and O–H groups in total. The average Bonchev–Trinajstić information content (AvgIpc) is 2.74. The maximum absolute atomic E-state index is 5.96. The SMILES string of the molecule is Cc1cc(OCc2ccccc2)cc(C)c1C=NN=C(N)SCc1ccccc1. The number of rotatable bonds is 7. The van der Waals surface area contributed by atoms with Crippen LogP contribution in [0.2, 0.25) is 0 Å². The van der Waals surface area contributed by atoms with Gasteiger partial charge < -0.3 is 10.5 Å². The third kappa shape index (κ3) is 6.50. The minimum atomic E-state index is 0.447. The number of nitrogens with two attached hydrogens (primary N) is 1. The largest absolute Gasteiger partial charge is 0.489 e. The van der Waals surface area contributed by atoms with Crippen molar-refractivity contribution >= 4 is 23.1 Å². The predicted octanol–water partition coefficient (Wildman–Crippen LogP) is 5.46. The molecule has 0 spiro atoms. The number of ether oxygens (including phenoxy) is 1. The van der Waals surface area contributed by atoms with Crippen molar-refractivity contribution in [3.63, 3.8) is 0 Å². The fourth-order valence-electron chi connectivity index (χ4n) is 2.87. The van der Waals surface area contributed by atoms with E-state index in [1.165, 1.54) is 17.3 Å². The van der Waals surface area contributed by atoms with E-state index in [0.717, 1.165) is 33.8 Å². The summed E-state index contributed by atoms with van der Waals surface area (Å²) < 4.78 is 5.93. The Bertz CT molecular complexity index is 963. The van der Waals surface area contributed by atoms with Crippen LogP contribution < -0.4 is 10.5 Å². The van der Waals surface area contributed by atoms with Crippen molar-refractivity contribution < 1.29 is 4.74 Å². The summed E-state index contributed by atoms with van der Waals surface area (Å²) in [6.45, 7) is 4.63. The molecule has 4 nitrogen and oxygen atoms in total. The standard InChI is InChI=1S/C24H25N3OS/c1-18-13-22(28-16-20-9-5-3-6-10-20)14-19(2)23(18)15-26-27-24(25)29-17-21-11-7-4-8-12-21/h3-15H,16-17H2,1-2H3,(H2,25,27). The molecule has 29 heavy (non-hydrogen) atoms. The second-order valence-electron chi connectivity index (χ2n) is 6.70. The van der Waals surface area contributed by atoms with Crippen molar-refractivity contribution in [1.82, 2.24) is 0 Å². The summed E-state index contributed by atoms with van der Waals surface area (Å²) in [6, 6.07) is 24.3.